The van der Waals surface area contributed by atoms with Crippen molar-refractivity contribution in [3.05, 3.63) is 69.2 Å². The number of halogens is 1. The van der Waals surface area contributed by atoms with E-state index in [1.54, 1.807) is 31.3 Å². The fraction of sp³-hybridized carbons (Fsp3) is 0.125. The molecule has 2 aromatic rings. The summed E-state index contributed by atoms with van der Waals surface area (Å²) in [6.45, 7) is -0.485. The number of esters is 1. The van der Waals surface area contributed by atoms with E-state index in [2.05, 4.69) is 0 Å². The average Bonchev–Trinajstić information content (AvgIpc) is 2.59. The van der Waals surface area contributed by atoms with Crippen LogP contribution in [0.15, 0.2) is 48.5 Å². The molecule has 0 heterocycles. The molecule has 0 aliphatic carbocycles. The summed E-state index contributed by atoms with van der Waals surface area (Å²) in [7, 11) is 1.55. The normalized spacial score (nSPS) is 10.1. The van der Waals surface area contributed by atoms with Gasteiger partial charge >= 0.3 is 5.97 Å². The third kappa shape index (κ3) is 4.08. The van der Waals surface area contributed by atoms with Crippen LogP contribution in [0.3, 0.4) is 0 Å². The number of carbonyl (C=O) groups excluding carboxylic acids is 2. The van der Waals surface area contributed by atoms with Crippen molar-refractivity contribution in [2.45, 2.75) is 0 Å². The predicted molar refractivity (Wildman–Crippen MR) is 88.2 cm³/mol. The Bertz CT molecular complexity index is 779. The van der Waals surface area contributed by atoms with Crippen molar-refractivity contribution in [3.8, 4) is 0 Å². The van der Waals surface area contributed by atoms with Crippen molar-refractivity contribution >= 4 is 34.9 Å². The van der Waals surface area contributed by atoms with Crippen LogP contribution in [0.2, 0.25) is 5.02 Å². The van der Waals surface area contributed by atoms with Gasteiger partial charge in [0.1, 0.15) is 5.02 Å². The number of rotatable bonds is 5. The summed E-state index contributed by atoms with van der Waals surface area (Å²) in [6, 6.07) is 12.4. The van der Waals surface area contributed by atoms with Crippen molar-refractivity contribution in [1.82, 2.24) is 0 Å². The lowest BCUT2D eigenvalue weighted by atomic mass is 10.2. The maximum atomic E-state index is 12.0. The zero-order valence-electron chi connectivity index (χ0n) is 12.6. The fourth-order valence-corrected chi connectivity index (χ4v) is 2.07. The number of carbonyl (C=O) groups is 2. The molecular formula is C16H13ClN2O5. The molecule has 0 unspecified atom stereocenters. The van der Waals surface area contributed by atoms with E-state index in [-0.39, 0.29) is 10.6 Å². The number of nitro benzene ring substituents is 1. The van der Waals surface area contributed by atoms with Gasteiger partial charge in [-0.25, -0.2) is 4.79 Å². The third-order valence-corrected chi connectivity index (χ3v) is 3.54. The van der Waals surface area contributed by atoms with Gasteiger partial charge in [0.15, 0.2) is 6.61 Å². The monoisotopic (exact) mass is 348 g/mol. The number of anilines is 1. The van der Waals surface area contributed by atoms with Crippen LogP contribution in [-0.4, -0.2) is 30.5 Å². The molecule has 0 bridgehead atoms. The van der Waals surface area contributed by atoms with Gasteiger partial charge in [-0.2, -0.15) is 0 Å². The van der Waals surface area contributed by atoms with Gasteiger partial charge in [0.05, 0.1) is 10.5 Å². The molecule has 0 spiro atoms. The van der Waals surface area contributed by atoms with E-state index in [0.29, 0.717) is 5.69 Å². The molecule has 0 aromatic heterocycles. The van der Waals surface area contributed by atoms with Crippen molar-refractivity contribution < 1.29 is 19.2 Å². The lowest BCUT2D eigenvalue weighted by Gasteiger charge is -2.17. The van der Waals surface area contributed by atoms with Crippen LogP contribution in [0.5, 0.6) is 0 Å². The molecule has 0 radical (unpaired) electrons. The Labute approximate surface area is 142 Å². The molecule has 2 rings (SSSR count). The Morgan fingerprint density at radius 3 is 2.50 bits per heavy atom. The second-order valence-corrected chi connectivity index (χ2v) is 5.19. The van der Waals surface area contributed by atoms with E-state index in [0.717, 1.165) is 6.07 Å². The van der Waals surface area contributed by atoms with E-state index in [1.165, 1.54) is 17.0 Å². The highest BCUT2D eigenvalue weighted by Crippen LogP contribution is 2.25. The van der Waals surface area contributed by atoms with Gasteiger partial charge in [-0.15, -0.1) is 0 Å². The number of nitrogens with zero attached hydrogens (tertiary/aromatic N) is 2. The second-order valence-electron chi connectivity index (χ2n) is 4.79. The summed E-state index contributed by atoms with van der Waals surface area (Å²) in [5.74, 6) is -1.28. The molecule has 0 saturated heterocycles. The van der Waals surface area contributed by atoms with E-state index >= 15 is 0 Å². The minimum Gasteiger partial charge on any atom is -0.452 e. The van der Waals surface area contributed by atoms with E-state index in [9.17, 15) is 19.7 Å². The minimum absolute atomic E-state index is 0.0544. The molecule has 124 valence electrons. The smallest absolute Gasteiger partial charge is 0.338 e. The number of benzene rings is 2. The number of hydrogen-bond donors (Lipinski definition) is 0. The molecule has 0 aliphatic heterocycles. The molecule has 1 amide bonds. The van der Waals surface area contributed by atoms with Crippen LogP contribution in [0.4, 0.5) is 11.4 Å². The Morgan fingerprint density at radius 1 is 1.21 bits per heavy atom. The molecular weight excluding hydrogens is 336 g/mol. The first-order valence-electron chi connectivity index (χ1n) is 6.83. The molecule has 0 N–H and O–H groups in total. The molecule has 0 fully saturated rings. The van der Waals surface area contributed by atoms with Crippen LogP contribution in [0.1, 0.15) is 10.4 Å². The molecule has 2 aromatic carbocycles. The minimum atomic E-state index is -0.843. The van der Waals surface area contributed by atoms with Gasteiger partial charge in [-0.3, -0.25) is 14.9 Å². The summed E-state index contributed by atoms with van der Waals surface area (Å²) < 4.78 is 4.91. The topological polar surface area (TPSA) is 89.8 Å². The third-order valence-electron chi connectivity index (χ3n) is 3.22. The fourth-order valence-electron chi connectivity index (χ4n) is 1.88. The van der Waals surface area contributed by atoms with Crippen molar-refractivity contribution in [3.63, 3.8) is 0 Å². The van der Waals surface area contributed by atoms with Gasteiger partial charge in [-0.1, -0.05) is 29.8 Å². The number of nitro groups is 1. The molecule has 8 heteroatoms. The Balaban J connectivity index is 2.02. The first kappa shape index (κ1) is 17.4. The zero-order valence-corrected chi connectivity index (χ0v) is 13.4. The maximum Gasteiger partial charge on any atom is 0.338 e. The zero-order chi connectivity index (χ0) is 17.7. The SMILES string of the molecule is CN(C(=O)COC(=O)c1ccc(Cl)c([N+](=O)[O-])c1)c1ccccc1. The molecule has 0 atom stereocenters. The largest absolute Gasteiger partial charge is 0.452 e. The Morgan fingerprint density at radius 2 is 1.88 bits per heavy atom. The quantitative estimate of drug-likeness (QED) is 0.470. The highest BCUT2D eigenvalue weighted by atomic mass is 35.5. The summed E-state index contributed by atoms with van der Waals surface area (Å²) in [5, 5.41) is 10.7. The summed E-state index contributed by atoms with van der Waals surface area (Å²) in [4.78, 5) is 35.4. The highest BCUT2D eigenvalue weighted by Gasteiger charge is 2.19. The van der Waals surface area contributed by atoms with Crippen LogP contribution in [0, 0.1) is 10.1 Å². The van der Waals surface area contributed by atoms with Gasteiger partial charge in [0.25, 0.3) is 11.6 Å². The summed E-state index contributed by atoms with van der Waals surface area (Å²) in [5.41, 5.74) is 0.195. The molecule has 0 aliphatic rings. The van der Waals surface area contributed by atoms with Crippen molar-refractivity contribution in [1.29, 1.82) is 0 Å². The first-order valence-corrected chi connectivity index (χ1v) is 7.20. The predicted octanol–water partition coefficient (Wildman–Crippen LogP) is 3.07. The Kier molecular flexibility index (Phi) is 5.49. The second kappa shape index (κ2) is 7.56. The van der Waals surface area contributed by atoms with Crippen molar-refractivity contribution in [2.75, 3.05) is 18.6 Å². The van der Waals surface area contributed by atoms with Gasteiger partial charge in [-0.05, 0) is 24.3 Å². The lowest BCUT2D eigenvalue weighted by molar-refractivity contribution is -0.384. The van der Waals surface area contributed by atoms with Crippen LogP contribution in [-0.2, 0) is 9.53 Å². The Hall–Kier alpha value is -2.93. The van der Waals surface area contributed by atoms with Crippen LogP contribution >= 0.6 is 11.6 Å². The highest BCUT2D eigenvalue weighted by molar-refractivity contribution is 6.32. The van der Waals surface area contributed by atoms with Crippen LogP contribution < -0.4 is 4.90 Å². The number of likely N-dealkylation sites (N-methyl/N-ethyl adjacent to an activating group) is 1. The maximum absolute atomic E-state index is 12.0. The number of ether oxygens (including phenoxy) is 1. The number of para-hydroxylation sites is 1. The first-order chi connectivity index (χ1) is 11.4. The molecule has 7 nitrogen and oxygen atoms in total. The van der Waals surface area contributed by atoms with Crippen LogP contribution in [0.25, 0.3) is 0 Å². The summed E-state index contributed by atoms with van der Waals surface area (Å²) >= 11 is 5.68. The van der Waals surface area contributed by atoms with E-state index in [1.807, 2.05) is 6.07 Å². The molecule has 24 heavy (non-hydrogen) atoms. The van der Waals surface area contributed by atoms with E-state index < -0.39 is 29.1 Å². The molecule has 0 saturated carbocycles. The standard InChI is InChI=1S/C16H13ClN2O5/c1-18(12-5-3-2-4-6-12)15(20)10-24-16(21)11-7-8-13(17)14(9-11)19(22)23/h2-9H,10H2,1H3. The number of amides is 1. The summed E-state index contributed by atoms with van der Waals surface area (Å²) in [6.07, 6.45) is 0. The average molecular weight is 349 g/mol. The van der Waals surface area contributed by atoms with E-state index in [4.69, 9.17) is 16.3 Å². The lowest BCUT2D eigenvalue weighted by Crippen LogP contribution is -2.31. The van der Waals surface area contributed by atoms with Crippen molar-refractivity contribution in [2.24, 2.45) is 0 Å². The van der Waals surface area contributed by atoms with Gasteiger partial charge in [0.2, 0.25) is 0 Å². The number of hydrogen-bond acceptors (Lipinski definition) is 5. The van der Waals surface area contributed by atoms with Gasteiger partial charge < -0.3 is 9.64 Å². The van der Waals surface area contributed by atoms with Gasteiger partial charge in [0, 0.05) is 18.8 Å².